The normalized spacial score (nSPS) is 16.2. The number of ether oxygens (including phenoxy) is 1. The highest BCUT2D eigenvalue weighted by Crippen LogP contribution is 2.32. The SMILES string of the molecule is COc1cccc2c1CCN(C(C(=O)O)c1ccsc1)C2. The van der Waals surface area contributed by atoms with E-state index in [0.717, 1.165) is 29.8 Å². The van der Waals surface area contributed by atoms with Crippen molar-refractivity contribution in [3.05, 3.63) is 51.7 Å². The molecule has 21 heavy (non-hydrogen) atoms. The molecule has 2 heterocycles. The minimum atomic E-state index is -0.792. The van der Waals surface area contributed by atoms with Gasteiger partial charge in [-0.05, 0) is 46.0 Å². The van der Waals surface area contributed by atoms with Crippen LogP contribution in [0.2, 0.25) is 0 Å². The van der Waals surface area contributed by atoms with Crippen molar-refractivity contribution in [2.45, 2.75) is 19.0 Å². The monoisotopic (exact) mass is 303 g/mol. The lowest BCUT2D eigenvalue weighted by Gasteiger charge is -2.33. The second-order valence-corrected chi connectivity index (χ2v) is 5.90. The molecule has 3 rings (SSSR count). The molecule has 1 aliphatic heterocycles. The van der Waals surface area contributed by atoms with Crippen LogP contribution in [0.1, 0.15) is 22.7 Å². The number of rotatable bonds is 4. The van der Waals surface area contributed by atoms with Gasteiger partial charge in [-0.15, -0.1) is 0 Å². The maximum absolute atomic E-state index is 11.7. The van der Waals surface area contributed by atoms with Crippen LogP contribution in [0.4, 0.5) is 0 Å². The average molecular weight is 303 g/mol. The summed E-state index contributed by atoms with van der Waals surface area (Å²) in [6.45, 7) is 1.36. The Hall–Kier alpha value is -1.85. The summed E-state index contributed by atoms with van der Waals surface area (Å²) in [5.74, 6) is 0.106. The highest BCUT2D eigenvalue weighted by molar-refractivity contribution is 7.08. The second-order valence-electron chi connectivity index (χ2n) is 5.12. The van der Waals surface area contributed by atoms with E-state index in [0.29, 0.717) is 6.54 Å². The molecule has 0 bridgehead atoms. The molecule has 1 unspecified atom stereocenters. The second kappa shape index (κ2) is 5.87. The van der Waals surface area contributed by atoms with E-state index in [9.17, 15) is 9.90 Å². The Morgan fingerprint density at radius 3 is 2.95 bits per heavy atom. The fraction of sp³-hybridized carbons (Fsp3) is 0.312. The molecule has 1 atom stereocenters. The molecular weight excluding hydrogens is 286 g/mol. The molecule has 0 saturated heterocycles. The van der Waals surface area contributed by atoms with Gasteiger partial charge >= 0.3 is 5.97 Å². The first kappa shape index (κ1) is 14.1. The number of thiophene rings is 1. The number of benzene rings is 1. The van der Waals surface area contributed by atoms with Crippen LogP contribution >= 0.6 is 11.3 Å². The molecule has 0 amide bonds. The molecule has 2 aromatic rings. The van der Waals surface area contributed by atoms with Crippen LogP contribution in [-0.4, -0.2) is 29.6 Å². The Labute approximate surface area is 127 Å². The van der Waals surface area contributed by atoms with Crippen LogP contribution in [0.15, 0.2) is 35.0 Å². The van der Waals surface area contributed by atoms with Crippen LogP contribution in [0.5, 0.6) is 5.75 Å². The predicted octanol–water partition coefficient (Wildman–Crippen LogP) is 2.94. The molecule has 1 aromatic carbocycles. The quantitative estimate of drug-likeness (QED) is 0.943. The number of carbonyl (C=O) groups is 1. The van der Waals surface area contributed by atoms with Crippen LogP contribution in [0.25, 0.3) is 0 Å². The standard InChI is InChI=1S/C16H17NO3S/c1-20-14-4-2-3-11-9-17(7-5-13(11)14)15(16(18)19)12-6-8-21-10-12/h2-4,6,8,10,15H,5,7,9H2,1H3,(H,18,19). The summed E-state index contributed by atoms with van der Waals surface area (Å²) in [6.07, 6.45) is 0.813. The van der Waals surface area contributed by atoms with Gasteiger partial charge in [-0.2, -0.15) is 11.3 Å². The highest BCUT2D eigenvalue weighted by atomic mass is 32.1. The van der Waals surface area contributed by atoms with Crippen molar-refractivity contribution in [3.63, 3.8) is 0 Å². The Morgan fingerprint density at radius 2 is 2.29 bits per heavy atom. The molecule has 4 nitrogen and oxygen atoms in total. The first-order valence-corrected chi connectivity index (χ1v) is 7.78. The van der Waals surface area contributed by atoms with E-state index in [1.165, 1.54) is 16.9 Å². The molecule has 0 aliphatic carbocycles. The molecule has 1 N–H and O–H groups in total. The van der Waals surface area contributed by atoms with Gasteiger partial charge in [0.1, 0.15) is 11.8 Å². The van der Waals surface area contributed by atoms with Crippen LogP contribution in [0, 0.1) is 0 Å². The number of methoxy groups -OCH3 is 1. The number of carboxylic acids is 1. The summed E-state index contributed by atoms with van der Waals surface area (Å²) in [7, 11) is 1.67. The molecule has 1 aromatic heterocycles. The summed E-state index contributed by atoms with van der Waals surface area (Å²) < 4.78 is 5.39. The van der Waals surface area contributed by atoms with E-state index in [1.54, 1.807) is 7.11 Å². The van der Waals surface area contributed by atoms with Gasteiger partial charge in [0.05, 0.1) is 7.11 Å². The number of aliphatic carboxylic acids is 1. The lowest BCUT2D eigenvalue weighted by Crippen LogP contribution is -2.38. The van der Waals surface area contributed by atoms with E-state index >= 15 is 0 Å². The maximum atomic E-state index is 11.7. The molecule has 1 aliphatic rings. The van der Waals surface area contributed by atoms with E-state index < -0.39 is 12.0 Å². The van der Waals surface area contributed by atoms with Gasteiger partial charge < -0.3 is 9.84 Å². The van der Waals surface area contributed by atoms with E-state index in [2.05, 4.69) is 6.07 Å². The molecule has 0 fully saturated rings. The van der Waals surface area contributed by atoms with Gasteiger partial charge in [-0.1, -0.05) is 12.1 Å². The Kier molecular flexibility index (Phi) is 3.94. The zero-order valence-electron chi connectivity index (χ0n) is 11.8. The summed E-state index contributed by atoms with van der Waals surface area (Å²) >= 11 is 1.53. The molecule has 0 saturated carbocycles. The van der Waals surface area contributed by atoms with E-state index in [1.807, 2.05) is 33.9 Å². The minimum Gasteiger partial charge on any atom is -0.496 e. The summed E-state index contributed by atoms with van der Waals surface area (Å²) in [5, 5.41) is 13.4. The maximum Gasteiger partial charge on any atom is 0.325 e. The molecule has 5 heteroatoms. The van der Waals surface area contributed by atoms with E-state index in [-0.39, 0.29) is 0 Å². The minimum absolute atomic E-state index is 0.574. The van der Waals surface area contributed by atoms with Gasteiger partial charge in [0.25, 0.3) is 0 Å². The fourth-order valence-electron chi connectivity index (χ4n) is 2.95. The Balaban J connectivity index is 1.90. The lowest BCUT2D eigenvalue weighted by atomic mass is 9.96. The van der Waals surface area contributed by atoms with Gasteiger partial charge in [0, 0.05) is 13.1 Å². The van der Waals surface area contributed by atoms with Gasteiger partial charge in [0.15, 0.2) is 0 Å². The lowest BCUT2D eigenvalue weighted by molar-refractivity contribution is -0.144. The van der Waals surface area contributed by atoms with Crippen LogP contribution in [0.3, 0.4) is 0 Å². The number of nitrogens with zero attached hydrogens (tertiary/aromatic N) is 1. The third-order valence-electron chi connectivity index (χ3n) is 3.93. The number of fused-ring (bicyclic) bond motifs is 1. The molecule has 110 valence electrons. The predicted molar refractivity (Wildman–Crippen MR) is 81.8 cm³/mol. The fourth-order valence-corrected chi connectivity index (χ4v) is 3.63. The van der Waals surface area contributed by atoms with Crippen molar-refractivity contribution in [2.75, 3.05) is 13.7 Å². The topological polar surface area (TPSA) is 49.8 Å². The highest BCUT2D eigenvalue weighted by Gasteiger charge is 2.31. The Morgan fingerprint density at radius 1 is 1.43 bits per heavy atom. The van der Waals surface area contributed by atoms with Crippen LogP contribution in [-0.2, 0) is 17.8 Å². The van der Waals surface area contributed by atoms with Crippen LogP contribution < -0.4 is 4.74 Å². The van der Waals surface area contributed by atoms with Gasteiger partial charge in [-0.25, -0.2) is 0 Å². The number of hydrogen-bond acceptors (Lipinski definition) is 4. The zero-order chi connectivity index (χ0) is 14.8. The molecule has 0 spiro atoms. The summed E-state index contributed by atoms with van der Waals surface area (Å²) in [6, 6.07) is 7.29. The van der Waals surface area contributed by atoms with Crippen molar-refractivity contribution in [2.24, 2.45) is 0 Å². The molecule has 0 radical (unpaired) electrons. The smallest absolute Gasteiger partial charge is 0.325 e. The summed E-state index contributed by atoms with van der Waals surface area (Å²) in [4.78, 5) is 13.7. The first-order chi connectivity index (χ1) is 10.2. The van der Waals surface area contributed by atoms with Gasteiger partial charge in [0.2, 0.25) is 0 Å². The van der Waals surface area contributed by atoms with Crippen molar-refractivity contribution in [1.82, 2.24) is 4.90 Å². The van der Waals surface area contributed by atoms with Crippen molar-refractivity contribution in [3.8, 4) is 5.75 Å². The third kappa shape index (κ3) is 2.66. The summed E-state index contributed by atoms with van der Waals surface area (Å²) in [5.41, 5.74) is 3.21. The van der Waals surface area contributed by atoms with Crippen molar-refractivity contribution in [1.29, 1.82) is 0 Å². The number of carboxylic acid groups (broad SMARTS) is 1. The van der Waals surface area contributed by atoms with Crippen molar-refractivity contribution < 1.29 is 14.6 Å². The first-order valence-electron chi connectivity index (χ1n) is 6.84. The van der Waals surface area contributed by atoms with Crippen molar-refractivity contribution >= 4 is 17.3 Å². The zero-order valence-corrected chi connectivity index (χ0v) is 12.6. The largest absolute Gasteiger partial charge is 0.496 e. The Bertz CT molecular complexity index is 639. The average Bonchev–Trinajstić information content (AvgIpc) is 3.00. The number of hydrogen-bond donors (Lipinski definition) is 1. The van der Waals surface area contributed by atoms with Gasteiger partial charge in [-0.3, -0.25) is 9.69 Å². The van der Waals surface area contributed by atoms with E-state index in [4.69, 9.17) is 4.74 Å². The third-order valence-corrected chi connectivity index (χ3v) is 4.63. The molecular formula is C16H17NO3S.